The molecular weight excluding hydrogens is 308 g/mol. The van der Waals surface area contributed by atoms with E-state index in [1.807, 2.05) is 6.07 Å². The Balaban J connectivity index is 1.85. The first kappa shape index (κ1) is 12.7. The number of phenolic OH excluding ortho intramolecular Hbond substituents is 1. The molecule has 1 aliphatic rings. The number of halogens is 1. The fourth-order valence-electron chi connectivity index (χ4n) is 2.52. The van der Waals surface area contributed by atoms with Crippen LogP contribution < -0.4 is 0 Å². The smallest absolute Gasteiger partial charge is 0.258 e. The summed E-state index contributed by atoms with van der Waals surface area (Å²) in [6.07, 6.45) is 6.08. The molecule has 0 bridgehead atoms. The Kier molecular flexibility index (Phi) is 3.55. The van der Waals surface area contributed by atoms with E-state index >= 15 is 0 Å². The maximum Gasteiger partial charge on any atom is 0.258 e. The predicted octanol–water partition coefficient (Wildman–Crippen LogP) is 4.25. The minimum absolute atomic E-state index is 0.176. The van der Waals surface area contributed by atoms with Crippen molar-refractivity contribution in [3.63, 3.8) is 0 Å². The van der Waals surface area contributed by atoms with Crippen LogP contribution in [0.3, 0.4) is 0 Å². The average molecular weight is 323 g/mol. The van der Waals surface area contributed by atoms with Crippen LogP contribution >= 0.6 is 15.9 Å². The molecule has 100 valence electrons. The molecule has 0 amide bonds. The van der Waals surface area contributed by atoms with E-state index in [1.54, 1.807) is 12.1 Å². The summed E-state index contributed by atoms with van der Waals surface area (Å²) in [5.41, 5.74) is 0.746. The first-order chi connectivity index (χ1) is 9.24. The van der Waals surface area contributed by atoms with Gasteiger partial charge in [-0.25, -0.2) is 0 Å². The molecule has 0 aliphatic heterocycles. The van der Waals surface area contributed by atoms with Gasteiger partial charge in [0.25, 0.3) is 5.89 Å². The maximum atomic E-state index is 9.68. The van der Waals surface area contributed by atoms with Crippen LogP contribution in [0, 0.1) is 0 Å². The van der Waals surface area contributed by atoms with Gasteiger partial charge in [0.05, 0.1) is 4.47 Å². The molecule has 1 aromatic carbocycles. The van der Waals surface area contributed by atoms with Crippen molar-refractivity contribution in [3.05, 3.63) is 28.5 Å². The van der Waals surface area contributed by atoms with E-state index in [-0.39, 0.29) is 5.75 Å². The summed E-state index contributed by atoms with van der Waals surface area (Å²) in [7, 11) is 0. The van der Waals surface area contributed by atoms with E-state index in [2.05, 4.69) is 26.1 Å². The molecule has 0 atom stereocenters. The summed E-state index contributed by atoms with van der Waals surface area (Å²) < 4.78 is 5.97. The maximum absolute atomic E-state index is 9.68. The first-order valence-corrected chi connectivity index (χ1v) is 7.36. The lowest BCUT2D eigenvalue weighted by atomic mass is 9.89. The number of hydrogen-bond acceptors (Lipinski definition) is 4. The third-order valence-corrected chi connectivity index (χ3v) is 4.28. The van der Waals surface area contributed by atoms with Crippen molar-refractivity contribution in [1.82, 2.24) is 10.1 Å². The highest BCUT2D eigenvalue weighted by atomic mass is 79.9. The number of phenols is 1. The van der Waals surface area contributed by atoms with E-state index in [0.29, 0.717) is 16.3 Å². The van der Waals surface area contributed by atoms with Crippen LogP contribution in [-0.4, -0.2) is 15.2 Å². The topological polar surface area (TPSA) is 59.2 Å². The van der Waals surface area contributed by atoms with Crippen LogP contribution in [0.2, 0.25) is 0 Å². The summed E-state index contributed by atoms with van der Waals surface area (Å²) in [6.45, 7) is 0. The molecule has 1 fully saturated rings. The van der Waals surface area contributed by atoms with Gasteiger partial charge in [-0.2, -0.15) is 4.98 Å². The van der Waals surface area contributed by atoms with E-state index in [1.165, 1.54) is 19.3 Å². The number of aromatic hydroxyl groups is 1. The highest BCUT2D eigenvalue weighted by Crippen LogP contribution is 2.33. The summed E-state index contributed by atoms with van der Waals surface area (Å²) >= 11 is 3.25. The molecule has 0 saturated heterocycles. The molecule has 4 nitrogen and oxygen atoms in total. The van der Waals surface area contributed by atoms with Gasteiger partial charge in [0.15, 0.2) is 5.82 Å². The lowest BCUT2D eigenvalue weighted by molar-refractivity contribution is 0.385. The molecule has 3 rings (SSSR count). The first-order valence-electron chi connectivity index (χ1n) is 6.56. The van der Waals surface area contributed by atoms with Crippen molar-refractivity contribution in [1.29, 1.82) is 0 Å². The number of benzene rings is 1. The molecule has 1 N–H and O–H groups in total. The number of nitrogens with zero attached hydrogens (tertiary/aromatic N) is 2. The van der Waals surface area contributed by atoms with Crippen molar-refractivity contribution < 1.29 is 9.63 Å². The van der Waals surface area contributed by atoms with Crippen LogP contribution in [0.4, 0.5) is 0 Å². The Morgan fingerprint density at radius 1 is 1.21 bits per heavy atom. The SMILES string of the molecule is Oc1cc(-c2nc(C3CCCCC3)no2)ccc1Br. The van der Waals surface area contributed by atoms with E-state index < -0.39 is 0 Å². The quantitative estimate of drug-likeness (QED) is 0.897. The van der Waals surface area contributed by atoms with Gasteiger partial charge in [0.1, 0.15) is 5.75 Å². The highest BCUT2D eigenvalue weighted by Gasteiger charge is 2.21. The second-order valence-electron chi connectivity index (χ2n) is 4.96. The second-order valence-corrected chi connectivity index (χ2v) is 5.81. The minimum Gasteiger partial charge on any atom is -0.507 e. The van der Waals surface area contributed by atoms with Gasteiger partial charge in [-0.1, -0.05) is 24.4 Å². The number of rotatable bonds is 2. The van der Waals surface area contributed by atoms with Gasteiger partial charge in [-0.05, 0) is 47.0 Å². The fraction of sp³-hybridized carbons (Fsp3) is 0.429. The van der Waals surface area contributed by atoms with Crippen molar-refractivity contribution in [2.24, 2.45) is 0 Å². The zero-order valence-corrected chi connectivity index (χ0v) is 12.1. The molecule has 1 saturated carbocycles. The molecular formula is C14H15BrN2O2. The minimum atomic E-state index is 0.176. The third-order valence-electron chi connectivity index (χ3n) is 3.61. The molecule has 2 aromatic rings. The zero-order valence-electron chi connectivity index (χ0n) is 10.5. The molecule has 1 heterocycles. The molecule has 1 aromatic heterocycles. The Hall–Kier alpha value is -1.36. The Bertz CT molecular complexity index is 577. The predicted molar refractivity (Wildman–Crippen MR) is 74.9 cm³/mol. The average Bonchev–Trinajstić information content (AvgIpc) is 2.93. The molecule has 1 aliphatic carbocycles. The van der Waals surface area contributed by atoms with Crippen LogP contribution in [0.1, 0.15) is 43.8 Å². The second kappa shape index (κ2) is 5.33. The lowest BCUT2D eigenvalue weighted by Gasteiger charge is -2.17. The normalized spacial score (nSPS) is 16.7. The van der Waals surface area contributed by atoms with Crippen LogP contribution in [-0.2, 0) is 0 Å². The Morgan fingerprint density at radius 3 is 2.74 bits per heavy atom. The molecule has 5 heteroatoms. The molecule has 19 heavy (non-hydrogen) atoms. The van der Waals surface area contributed by atoms with Crippen molar-refractivity contribution in [2.75, 3.05) is 0 Å². The van der Waals surface area contributed by atoms with E-state index in [4.69, 9.17) is 4.52 Å². The van der Waals surface area contributed by atoms with Crippen LogP contribution in [0.5, 0.6) is 5.75 Å². The van der Waals surface area contributed by atoms with E-state index in [9.17, 15) is 5.11 Å². The third kappa shape index (κ3) is 2.66. The largest absolute Gasteiger partial charge is 0.507 e. The summed E-state index contributed by atoms with van der Waals surface area (Å²) in [5.74, 6) is 1.88. The van der Waals surface area contributed by atoms with Gasteiger partial charge < -0.3 is 9.63 Å². The number of hydrogen-bond donors (Lipinski definition) is 1. The Morgan fingerprint density at radius 2 is 2.00 bits per heavy atom. The van der Waals surface area contributed by atoms with Gasteiger partial charge >= 0.3 is 0 Å². The van der Waals surface area contributed by atoms with Crippen LogP contribution in [0.25, 0.3) is 11.5 Å². The molecule has 0 unspecified atom stereocenters. The van der Waals surface area contributed by atoms with Crippen molar-refractivity contribution >= 4 is 15.9 Å². The summed E-state index contributed by atoms with van der Waals surface area (Å²) in [5, 5.41) is 13.8. The Labute approximate surface area is 120 Å². The lowest BCUT2D eigenvalue weighted by Crippen LogP contribution is -2.06. The monoisotopic (exact) mass is 322 g/mol. The zero-order chi connectivity index (χ0) is 13.2. The van der Waals surface area contributed by atoms with Crippen LogP contribution in [0.15, 0.2) is 27.2 Å². The standard InChI is InChI=1S/C14H15BrN2O2/c15-11-7-6-10(8-12(11)18)14-16-13(17-19-14)9-4-2-1-3-5-9/h6-9,18H,1-5H2. The van der Waals surface area contributed by atoms with Gasteiger partial charge in [-0.3, -0.25) is 0 Å². The summed E-state index contributed by atoms with van der Waals surface area (Å²) in [4.78, 5) is 4.47. The van der Waals surface area contributed by atoms with Gasteiger partial charge in [0.2, 0.25) is 0 Å². The van der Waals surface area contributed by atoms with E-state index in [0.717, 1.165) is 24.2 Å². The fourth-order valence-corrected chi connectivity index (χ4v) is 2.77. The molecule has 0 radical (unpaired) electrons. The van der Waals surface area contributed by atoms with Gasteiger partial charge in [-0.15, -0.1) is 0 Å². The van der Waals surface area contributed by atoms with Crippen molar-refractivity contribution in [2.45, 2.75) is 38.0 Å². The summed E-state index contributed by atoms with van der Waals surface area (Å²) in [6, 6.07) is 5.25. The highest BCUT2D eigenvalue weighted by molar-refractivity contribution is 9.10. The molecule has 0 spiro atoms. The number of aromatic nitrogens is 2. The van der Waals surface area contributed by atoms with Crippen molar-refractivity contribution in [3.8, 4) is 17.2 Å². The van der Waals surface area contributed by atoms with Gasteiger partial charge in [0, 0.05) is 11.5 Å².